The number of aliphatic hydroxyl groups is 1. The fraction of sp³-hybridized carbons (Fsp3) is 0.933. The highest BCUT2D eigenvalue weighted by Gasteiger charge is 2.74. The molecule has 2 bridgehead atoms. The van der Waals surface area contributed by atoms with Crippen molar-refractivity contribution in [1.82, 2.24) is 0 Å². The lowest BCUT2D eigenvalue weighted by Crippen LogP contribution is -2.68. The highest BCUT2D eigenvalue weighted by atomic mass is 17.2. The van der Waals surface area contributed by atoms with Crippen molar-refractivity contribution < 1.29 is 24.4 Å². The van der Waals surface area contributed by atoms with Crippen LogP contribution in [0.5, 0.6) is 0 Å². The van der Waals surface area contributed by atoms with Gasteiger partial charge in [-0.15, -0.1) is 0 Å². The van der Waals surface area contributed by atoms with E-state index in [9.17, 15) is 9.90 Å². The van der Waals surface area contributed by atoms with Crippen molar-refractivity contribution in [2.24, 2.45) is 29.6 Å². The largest absolute Gasteiger partial charge is 0.458 e. The Morgan fingerprint density at radius 2 is 1.90 bits per heavy atom. The van der Waals surface area contributed by atoms with Crippen LogP contribution in [0, 0.1) is 29.6 Å². The van der Waals surface area contributed by atoms with Crippen LogP contribution >= 0.6 is 0 Å². The summed E-state index contributed by atoms with van der Waals surface area (Å²) in [5, 5.41) is 10.4. The van der Waals surface area contributed by atoms with Gasteiger partial charge in [-0.3, -0.25) is 4.79 Å². The molecule has 0 amide bonds. The third-order valence-electron chi connectivity index (χ3n) is 6.36. The van der Waals surface area contributed by atoms with Gasteiger partial charge in [0.2, 0.25) is 5.79 Å². The van der Waals surface area contributed by atoms with Crippen molar-refractivity contribution in [2.75, 3.05) is 0 Å². The Bertz CT molecular complexity index is 461. The summed E-state index contributed by atoms with van der Waals surface area (Å²) in [5.41, 5.74) is -0.544. The number of carbonyl (C=O) groups excluding carboxylic acids is 1. The van der Waals surface area contributed by atoms with Crippen LogP contribution in [0.15, 0.2) is 0 Å². The minimum Gasteiger partial charge on any atom is -0.458 e. The summed E-state index contributed by atoms with van der Waals surface area (Å²) >= 11 is 0. The third-order valence-corrected chi connectivity index (χ3v) is 6.36. The summed E-state index contributed by atoms with van der Waals surface area (Å²) in [7, 11) is 0. The lowest BCUT2D eigenvalue weighted by Gasteiger charge is -2.56. The predicted molar refractivity (Wildman–Crippen MR) is 68.1 cm³/mol. The zero-order valence-corrected chi connectivity index (χ0v) is 12.2. The summed E-state index contributed by atoms with van der Waals surface area (Å²) in [6.07, 6.45) is 2.49. The Morgan fingerprint density at radius 3 is 2.65 bits per heavy atom. The molecule has 5 heteroatoms. The van der Waals surface area contributed by atoms with E-state index in [-0.39, 0.29) is 29.8 Å². The van der Waals surface area contributed by atoms with Gasteiger partial charge in [0.25, 0.3) is 0 Å². The van der Waals surface area contributed by atoms with Gasteiger partial charge < -0.3 is 9.84 Å². The zero-order valence-electron chi connectivity index (χ0n) is 12.2. The van der Waals surface area contributed by atoms with Crippen molar-refractivity contribution in [2.45, 2.75) is 57.5 Å². The molecule has 2 saturated carbocycles. The van der Waals surface area contributed by atoms with E-state index in [4.69, 9.17) is 14.5 Å². The molecule has 2 aliphatic heterocycles. The molecule has 4 fully saturated rings. The molecule has 1 N–H and O–H groups in total. The van der Waals surface area contributed by atoms with E-state index in [2.05, 4.69) is 6.92 Å². The number of esters is 1. The molecule has 2 unspecified atom stereocenters. The lowest BCUT2D eigenvalue weighted by atomic mass is 9.60. The standard InChI is InChI=1S/C15H22O5/c1-7-4-5-9-8(2)13(16)18-12-11-6-10(7)15(9,12)20-19-14(11,3)17/h7-12,17H,4-6H2,1-3H3/t7-,8-,9?,10+,11?,12-,14-,15+/m1/s1. The second-order valence-corrected chi connectivity index (χ2v) is 7.33. The number of carbonyl (C=O) groups is 1. The first-order chi connectivity index (χ1) is 9.38. The van der Waals surface area contributed by atoms with Crippen molar-refractivity contribution in [3.63, 3.8) is 0 Å². The maximum atomic E-state index is 12.2. The van der Waals surface area contributed by atoms with E-state index in [1.54, 1.807) is 6.92 Å². The first-order valence-electron chi connectivity index (χ1n) is 7.67. The Kier molecular flexibility index (Phi) is 2.45. The Morgan fingerprint density at radius 1 is 1.15 bits per heavy atom. The lowest BCUT2D eigenvalue weighted by molar-refractivity contribution is -0.517. The molecule has 1 spiro atoms. The molecule has 0 aromatic heterocycles. The van der Waals surface area contributed by atoms with Crippen molar-refractivity contribution in [3.05, 3.63) is 0 Å². The van der Waals surface area contributed by atoms with Gasteiger partial charge in [0.1, 0.15) is 11.7 Å². The SMILES string of the molecule is C[C@@H]1CCC2[C@@H](C)C(=O)O[C@@H]3C4C[C@@H]1[C@@]23OO[C@@]4(C)O. The van der Waals surface area contributed by atoms with Gasteiger partial charge in [0.15, 0.2) is 0 Å². The van der Waals surface area contributed by atoms with E-state index in [1.807, 2.05) is 6.92 Å². The maximum Gasteiger partial charge on any atom is 0.309 e. The Labute approximate surface area is 118 Å². The van der Waals surface area contributed by atoms with Crippen LogP contribution in [0.4, 0.5) is 0 Å². The van der Waals surface area contributed by atoms with Gasteiger partial charge in [0, 0.05) is 5.92 Å². The minimum absolute atomic E-state index is 0.135. The molecule has 2 heterocycles. The molecule has 112 valence electrons. The molecule has 4 rings (SSSR count). The Hall–Kier alpha value is -0.650. The van der Waals surface area contributed by atoms with Crippen LogP contribution in [-0.2, 0) is 19.3 Å². The first-order valence-corrected chi connectivity index (χ1v) is 7.67. The van der Waals surface area contributed by atoms with Crippen molar-refractivity contribution in [1.29, 1.82) is 0 Å². The monoisotopic (exact) mass is 282 g/mol. The third kappa shape index (κ3) is 1.32. The van der Waals surface area contributed by atoms with Crippen LogP contribution in [0.25, 0.3) is 0 Å². The number of hydrogen-bond donors (Lipinski definition) is 1. The van der Waals surface area contributed by atoms with Crippen LogP contribution < -0.4 is 0 Å². The molecule has 5 nitrogen and oxygen atoms in total. The van der Waals surface area contributed by atoms with Crippen LogP contribution in [-0.4, -0.2) is 28.6 Å². The Balaban J connectivity index is 1.84. The summed E-state index contributed by atoms with van der Waals surface area (Å²) in [5.74, 6) is -0.958. The molecule has 2 aliphatic carbocycles. The quantitative estimate of drug-likeness (QED) is 0.540. The second-order valence-electron chi connectivity index (χ2n) is 7.33. The number of ether oxygens (including phenoxy) is 1. The van der Waals surface area contributed by atoms with Gasteiger partial charge in [-0.25, -0.2) is 9.78 Å². The van der Waals surface area contributed by atoms with Crippen LogP contribution in [0.3, 0.4) is 0 Å². The molecule has 2 saturated heterocycles. The van der Waals surface area contributed by atoms with Gasteiger partial charge in [-0.2, -0.15) is 0 Å². The smallest absolute Gasteiger partial charge is 0.309 e. The summed E-state index contributed by atoms with van der Waals surface area (Å²) in [6.45, 7) is 5.76. The van der Waals surface area contributed by atoms with Crippen LogP contribution in [0.1, 0.15) is 40.0 Å². The van der Waals surface area contributed by atoms with E-state index in [0.717, 1.165) is 19.3 Å². The summed E-state index contributed by atoms with van der Waals surface area (Å²) in [6, 6.07) is 0. The first kappa shape index (κ1) is 13.0. The van der Waals surface area contributed by atoms with Crippen LogP contribution in [0.2, 0.25) is 0 Å². The van der Waals surface area contributed by atoms with Crippen molar-refractivity contribution in [3.8, 4) is 0 Å². The van der Waals surface area contributed by atoms with E-state index in [1.165, 1.54) is 0 Å². The molecule has 0 radical (unpaired) electrons. The maximum absolute atomic E-state index is 12.2. The highest BCUT2D eigenvalue weighted by molar-refractivity contribution is 5.74. The van der Waals surface area contributed by atoms with Gasteiger partial charge >= 0.3 is 5.97 Å². The average Bonchev–Trinajstić information content (AvgIpc) is 2.66. The highest BCUT2D eigenvalue weighted by Crippen LogP contribution is 2.64. The molecular formula is C15H22O5. The normalized spacial score (nSPS) is 60.9. The van der Waals surface area contributed by atoms with Gasteiger partial charge in [-0.05, 0) is 38.0 Å². The molecule has 0 aromatic rings. The topological polar surface area (TPSA) is 65.0 Å². The summed E-state index contributed by atoms with van der Waals surface area (Å²) in [4.78, 5) is 23.3. The molecule has 8 atom stereocenters. The number of hydrogen-bond acceptors (Lipinski definition) is 5. The fourth-order valence-corrected chi connectivity index (χ4v) is 5.24. The van der Waals surface area contributed by atoms with Gasteiger partial charge in [-0.1, -0.05) is 13.8 Å². The molecular weight excluding hydrogens is 260 g/mol. The van der Waals surface area contributed by atoms with E-state index < -0.39 is 11.4 Å². The summed E-state index contributed by atoms with van der Waals surface area (Å²) < 4.78 is 5.70. The second kappa shape index (κ2) is 3.76. The molecule has 0 aromatic carbocycles. The average molecular weight is 282 g/mol. The van der Waals surface area contributed by atoms with E-state index in [0.29, 0.717) is 11.8 Å². The molecule has 20 heavy (non-hydrogen) atoms. The fourth-order valence-electron chi connectivity index (χ4n) is 5.24. The van der Waals surface area contributed by atoms with Gasteiger partial charge in [0.05, 0.1) is 11.8 Å². The van der Waals surface area contributed by atoms with E-state index >= 15 is 0 Å². The zero-order chi connectivity index (χ0) is 14.3. The molecule has 4 aliphatic rings. The minimum atomic E-state index is -1.38. The number of rotatable bonds is 0. The van der Waals surface area contributed by atoms with Crippen molar-refractivity contribution >= 4 is 5.97 Å². The predicted octanol–water partition coefficient (Wildman–Crippen LogP) is 1.64.